The topological polar surface area (TPSA) is 98.5 Å². The normalized spacial score (nSPS) is 11.2. The number of unbranched alkanes of at least 4 members (excludes halogenated alkanes) is 1. The van der Waals surface area contributed by atoms with Crippen molar-refractivity contribution in [2.45, 2.75) is 37.5 Å². The van der Waals surface area contributed by atoms with Crippen LogP contribution in [0.5, 0.6) is 5.75 Å². The summed E-state index contributed by atoms with van der Waals surface area (Å²) in [5.41, 5.74) is 2.49. The molecule has 3 N–H and O–H groups in total. The molecule has 0 aromatic heterocycles. The first-order valence-electron chi connectivity index (χ1n) is 8.42. The molecule has 0 aliphatic heterocycles. The van der Waals surface area contributed by atoms with Crippen LogP contribution in [0.1, 0.15) is 30.9 Å². The number of rotatable bonds is 8. The van der Waals surface area contributed by atoms with Gasteiger partial charge in [0, 0.05) is 5.69 Å². The molecule has 140 valence electrons. The fourth-order valence-corrected chi connectivity index (χ4v) is 3.30. The molecule has 0 atom stereocenters. The number of methoxy groups -OCH3 is 1. The van der Waals surface area contributed by atoms with E-state index in [0.717, 1.165) is 24.8 Å². The molecular formula is C19H24N2O4S. The van der Waals surface area contributed by atoms with E-state index >= 15 is 0 Å². The lowest BCUT2D eigenvalue weighted by molar-refractivity contribution is -0.115. The number of carbonyl (C=O) groups excluding carboxylic acids is 1. The van der Waals surface area contributed by atoms with E-state index in [2.05, 4.69) is 12.2 Å². The van der Waals surface area contributed by atoms with Crippen LogP contribution in [0.3, 0.4) is 0 Å². The molecule has 0 fully saturated rings. The molecule has 2 aromatic rings. The van der Waals surface area contributed by atoms with Crippen LogP contribution in [0.2, 0.25) is 0 Å². The Morgan fingerprint density at radius 1 is 1.12 bits per heavy atom. The smallest absolute Gasteiger partial charge is 0.241 e. The van der Waals surface area contributed by atoms with Crippen molar-refractivity contribution < 1.29 is 17.9 Å². The Hall–Kier alpha value is -2.38. The molecule has 0 radical (unpaired) electrons. The number of anilines is 1. The van der Waals surface area contributed by atoms with E-state index in [4.69, 9.17) is 9.88 Å². The van der Waals surface area contributed by atoms with E-state index in [1.165, 1.54) is 24.8 Å². The van der Waals surface area contributed by atoms with Crippen molar-refractivity contribution in [1.29, 1.82) is 0 Å². The number of primary sulfonamides is 1. The van der Waals surface area contributed by atoms with Gasteiger partial charge in [-0.25, -0.2) is 13.6 Å². The summed E-state index contributed by atoms with van der Waals surface area (Å²) < 4.78 is 28.3. The fraction of sp³-hybridized carbons (Fsp3) is 0.316. The van der Waals surface area contributed by atoms with Crippen LogP contribution in [0.15, 0.2) is 47.4 Å². The fourth-order valence-electron chi connectivity index (χ4n) is 2.57. The first kappa shape index (κ1) is 19.9. The molecule has 0 spiro atoms. The van der Waals surface area contributed by atoms with Crippen LogP contribution < -0.4 is 15.2 Å². The van der Waals surface area contributed by atoms with Gasteiger partial charge in [-0.1, -0.05) is 37.6 Å². The molecule has 0 unspecified atom stereocenters. The molecule has 26 heavy (non-hydrogen) atoms. The maximum atomic E-state index is 12.2. The zero-order valence-corrected chi connectivity index (χ0v) is 15.8. The van der Waals surface area contributed by atoms with E-state index in [1.54, 1.807) is 6.07 Å². The Bertz CT molecular complexity index is 862. The van der Waals surface area contributed by atoms with Gasteiger partial charge in [0.25, 0.3) is 0 Å². The maximum Gasteiger partial charge on any atom is 0.241 e. The first-order chi connectivity index (χ1) is 12.3. The zero-order valence-electron chi connectivity index (χ0n) is 15.0. The van der Waals surface area contributed by atoms with Crippen molar-refractivity contribution in [2.75, 3.05) is 12.4 Å². The van der Waals surface area contributed by atoms with Crippen molar-refractivity contribution in [1.82, 2.24) is 0 Å². The third-order valence-corrected chi connectivity index (χ3v) is 4.89. The van der Waals surface area contributed by atoms with Crippen LogP contribution >= 0.6 is 0 Å². The van der Waals surface area contributed by atoms with Crippen molar-refractivity contribution >= 4 is 21.6 Å². The summed E-state index contributed by atoms with van der Waals surface area (Å²) in [7, 11) is -2.60. The minimum atomic E-state index is -3.95. The number of hydrogen-bond donors (Lipinski definition) is 2. The Morgan fingerprint density at radius 2 is 1.77 bits per heavy atom. The maximum absolute atomic E-state index is 12.2. The van der Waals surface area contributed by atoms with Crippen molar-refractivity contribution in [3.63, 3.8) is 0 Å². The van der Waals surface area contributed by atoms with Gasteiger partial charge in [-0.2, -0.15) is 0 Å². The van der Waals surface area contributed by atoms with Crippen molar-refractivity contribution in [3.05, 3.63) is 53.6 Å². The quantitative estimate of drug-likeness (QED) is 0.740. The number of nitrogens with one attached hydrogen (secondary N) is 1. The lowest BCUT2D eigenvalue weighted by Gasteiger charge is -2.10. The predicted octanol–water partition coefficient (Wildman–Crippen LogP) is 2.87. The van der Waals surface area contributed by atoms with Gasteiger partial charge in [-0.05, 0) is 42.2 Å². The molecule has 0 aliphatic rings. The summed E-state index contributed by atoms with van der Waals surface area (Å²) in [6.45, 7) is 2.15. The Kier molecular flexibility index (Phi) is 6.76. The van der Waals surface area contributed by atoms with Gasteiger partial charge >= 0.3 is 0 Å². The van der Waals surface area contributed by atoms with Crippen molar-refractivity contribution in [3.8, 4) is 5.75 Å². The number of nitrogens with two attached hydrogens (primary N) is 1. The van der Waals surface area contributed by atoms with Gasteiger partial charge in [0.2, 0.25) is 15.9 Å². The van der Waals surface area contributed by atoms with E-state index in [-0.39, 0.29) is 23.0 Å². The molecule has 2 rings (SSSR count). The highest BCUT2D eigenvalue weighted by molar-refractivity contribution is 7.89. The van der Waals surface area contributed by atoms with Crippen LogP contribution in [0, 0.1) is 0 Å². The molecule has 6 nitrogen and oxygen atoms in total. The molecule has 0 heterocycles. The van der Waals surface area contributed by atoms with Gasteiger partial charge in [-0.15, -0.1) is 0 Å². The van der Waals surface area contributed by atoms with Gasteiger partial charge in [0.15, 0.2) is 0 Å². The van der Waals surface area contributed by atoms with Gasteiger partial charge in [-0.3, -0.25) is 4.79 Å². The molecule has 0 saturated heterocycles. The number of sulfonamides is 1. The van der Waals surface area contributed by atoms with E-state index in [9.17, 15) is 13.2 Å². The molecule has 2 aromatic carbocycles. The highest BCUT2D eigenvalue weighted by atomic mass is 32.2. The number of aryl methyl sites for hydroxylation is 1. The second-order valence-electron chi connectivity index (χ2n) is 6.06. The molecule has 7 heteroatoms. The molecule has 1 amide bonds. The average molecular weight is 376 g/mol. The summed E-state index contributed by atoms with van der Waals surface area (Å²) in [5.74, 6) is -0.106. The SMILES string of the molecule is CCCCc1ccc(CC(=O)Nc2ccc(OC)c(S(N)(=O)=O)c2)cc1. The second-order valence-corrected chi connectivity index (χ2v) is 7.59. The zero-order chi connectivity index (χ0) is 19.2. The van der Waals surface area contributed by atoms with Crippen molar-refractivity contribution in [2.24, 2.45) is 5.14 Å². The summed E-state index contributed by atoms with van der Waals surface area (Å²) in [6, 6.07) is 12.3. The minimum absolute atomic E-state index is 0.133. The molecule has 0 saturated carbocycles. The standard InChI is InChI=1S/C19H24N2O4S/c1-3-4-5-14-6-8-15(9-7-14)12-19(22)21-16-10-11-17(25-2)18(13-16)26(20,23)24/h6-11,13H,3-5,12H2,1-2H3,(H,21,22)(H2,20,23,24). The Labute approximate surface area is 154 Å². The lowest BCUT2D eigenvalue weighted by Crippen LogP contribution is -2.17. The molecule has 0 bridgehead atoms. The lowest BCUT2D eigenvalue weighted by atomic mass is 10.0. The Balaban J connectivity index is 2.06. The summed E-state index contributed by atoms with van der Waals surface area (Å²) in [5, 5.41) is 7.87. The summed E-state index contributed by atoms with van der Waals surface area (Å²) in [4.78, 5) is 12.1. The number of ether oxygens (including phenoxy) is 1. The highest BCUT2D eigenvalue weighted by Crippen LogP contribution is 2.26. The van der Waals surface area contributed by atoms with Crippen LogP contribution in [-0.2, 0) is 27.7 Å². The predicted molar refractivity (Wildman–Crippen MR) is 102 cm³/mol. The summed E-state index contributed by atoms with van der Waals surface area (Å²) >= 11 is 0. The largest absolute Gasteiger partial charge is 0.495 e. The monoisotopic (exact) mass is 376 g/mol. The van der Waals surface area contributed by atoms with E-state index < -0.39 is 10.0 Å². The third kappa shape index (κ3) is 5.57. The first-order valence-corrected chi connectivity index (χ1v) is 9.96. The molecule has 0 aliphatic carbocycles. The summed E-state index contributed by atoms with van der Waals surface area (Å²) in [6.07, 6.45) is 3.52. The van der Waals surface area contributed by atoms with Gasteiger partial charge in [0.1, 0.15) is 10.6 Å². The highest BCUT2D eigenvalue weighted by Gasteiger charge is 2.16. The van der Waals surface area contributed by atoms with E-state index in [1.807, 2.05) is 24.3 Å². The Morgan fingerprint density at radius 3 is 2.35 bits per heavy atom. The number of hydrogen-bond acceptors (Lipinski definition) is 4. The number of carbonyl (C=O) groups is 1. The van der Waals surface area contributed by atoms with Crippen LogP contribution in [0.4, 0.5) is 5.69 Å². The van der Waals surface area contributed by atoms with Gasteiger partial charge in [0.05, 0.1) is 13.5 Å². The number of benzene rings is 2. The molecular weight excluding hydrogens is 352 g/mol. The van der Waals surface area contributed by atoms with E-state index in [0.29, 0.717) is 5.69 Å². The average Bonchev–Trinajstić information content (AvgIpc) is 2.60. The second kappa shape index (κ2) is 8.82. The van der Waals surface area contributed by atoms with Crippen LogP contribution in [0.25, 0.3) is 0 Å². The number of amides is 1. The third-order valence-electron chi connectivity index (χ3n) is 3.96. The van der Waals surface area contributed by atoms with Gasteiger partial charge < -0.3 is 10.1 Å². The minimum Gasteiger partial charge on any atom is -0.495 e. The van der Waals surface area contributed by atoms with Crippen LogP contribution in [-0.4, -0.2) is 21.4 Å².